The molecule has 0 aliphatic rings. The van der Waals surface area contributed by atoms with Crippen LogP contribution in [0.3, 0.4) is 0 Å². The largest absolute Gasteiger partial charge is 0.493 e. The molecule has 0 aliphatic carbocycles. The lowest BCUT2D eigenvalue weighted by molar-refractivity contribution is -0.138. The van der Waals surface area contributed by atoms with Crippen molar-refractivity contribution in [3.05, 3.63) is 148 Å². The Bertz CT molecular complexity index is 2930. The zero-order chi connectivity index (χ0) is 58.3. The van der Waals surface area contributed by atoms with E-state index in [1.165, 1.54) is 56.2 Å². The molecule has 0 fully saturated rings. The number of para-hydroxylation sites is 1. The number of rotatable bonds is 22. The number of thioether (sulfide) groups is 1. The maximum absolute atomic E-state index is 13.1. The Labute approximate surface area is 469 Å². The second-order valence-electron chi connectivity index (χ2n) is 17.9. The molecule has 6 aromatic rings. The number of ether oxygens (including phenoxy) is 4. The number of halogens is 6. The minimum atomic E-state index is -4.53. The topological polar surface area (TPSA) is 169 Å². The molecule has 0 radical (unpaired) electrons. The van der Waals surface area contributed by atoms with Crippen molar-refractivity contribution in [2.75, 3.05) is 89.9 Å². The SMILES string of the molecule is C.CCCCc1nccc(SC)c1C(=O)Nc1ccc(C)c(C(F)(F)F)c1.CCOc1cccc(OCCN(C)C)c1C(=O)Nc1ccccc1.CCOc1ncnc(OCCN(C)C)c1C(=O)Nc1ccc(C)c(C(F)(F)F)c1. The molecule has 3 N–H and O–H groups in total. The zero-order valence-corrected chi connectivity index (χ0v) is 46.8. The van der Waals surface area contributed by atoms with Gasteiger partial charge in [-0.1, -0.05) is 57.2 Å². The first-order valence-corrected chi connectivity index (χ1v) is 26.4. The number of aromatic nitrogens is 3. The fourth-order valence-corrected chi connectivity index (χ4v) is 7.85. The van der Waals surface area contributed by atoms with Crippen molar-refractivity contribution >= 4 is 46.5 Å². The molecule has 0 unspecified atom stereocenters. The van der Waals surface area contributed by atoms with Crippen LogP contribution < -0.4 is 34.9 Å². The molecule has 2 heterocycles. The third-order valence-electron chi connectivity index (χ3n) is 11.2. The van der Waals surface area contributed by atoms with Crippen LogP contribution in [0, 0.1) is 13.8 Å². The predicted molar refractivity (Wildman–Crippen MR) is 303 cm³/mol. The average Bonchev–Trinajstić information content (AvgIpc) is 3.39. The molecular formula is C58H72F6N8O7S. The summed E-state index contributed by atoms with van der Waals surface area (Å²) in [5.74, 6) is -0.389. The number of likely N-dealkylation sites (N-methyl/N-ethyl adjacent to an activating group) is 2. The fourth-order valence-electron chi connectivity index (χ4n) is 7.24. The van der Waals surface area contributed by atoms with Gasteiger partial charge in [-0.2, -0.15) is 26.3 Å². The maximum Gasteiger partial charge on any atom is 0.416 e. The van der Waals surface area contributed by atoms with Crippen molar-refractivity contribution in [2.45, 2.75) is 78.6 Å². The third-order valence-corrected chi connectivity index (χ3v) is 12.0. The summed E-state index contributed by atoms with van der Waals surface area (Å²) in [6, 6.07) is 23.8. The van der Waals surface area contributed by atoms with E-state index in [0.29, 0.717) is 54.5 Å². The van der Waals surface area contributed by atoms with E-state index in [0.717, 1.165) is 42.1 Å². The highest BCUT2D eigenvalue weighted by atomic mass is 32.2. The number of aryl methyl sites for hydroxylation is 3. The molecule has 434 valence electrons. The van der Waals surface area contributed by atoms with Gasteiger partial charge in [0.25, 0.3) is 17.7 Å². The summed E-state index contributed by atoms with van der Waals surface area (Å²) in [6.45, 7) is 11.2. The summed E-state index contributed by atoms with van der Waals surface area (Å²) in [7, 11) is 7.67. The molecule has 2 aromatic heterocycles. The van der Waals surface area contributed by atoms with Gasteiger partial charge in [0.1, 0.15) is 36.6 Å². The summed E-state index contributed by atoms with van der Waals surface area (Å²) in [6.07, 6.45) is -1.80. The Morgan fingerprint density at radius 2 is 1.06 bits per heavy atom. The number of benzene rings is 4. The number of hydrogen-bond acceptors (Lipinski definition) is 13. The smallest absolute Gasteiger partial charge is 0.416 e. The van der Waals surface area contributed by atoms with E-state index in [4.69, 9.17) is 18.9 Å². The number of nitrogens with one attached hydrogen (secondary N) is 3. The predicted octanol–water partition coefficient (Wildman–Crippen LogP) is 13.0. The van der Waals surface area contributed by atoms with Crippen molar-refractivity contribution in [2.24, 2.45) is 0 Å². The average molecular weight is 1140 g/mol. The van der Waals surface area contributed by atoms with Gasteiger partial charge < -0.3 is 44.7 Å². The van der Waals surface area contributed by atoms with Crippen LogP contribution in [-0.2, 0) is 18.8 Å². The molecule has 0 atom stereocenters. The molecule has 80 heavy (non-hydrogen) atoms. The molecule has 3 amide bonds. The van der Waals surface area contributed by atoms with Crippen molar-refractivity contribution in [3.8, 4) is 23.3 Å². The van der Waals surface area contributed by atoms with Crippen LogP contribution in [0.5, 0.6) is 23.3 Å². The molecule has 0 bridgehead atoms. The number of hydrogen-bond donors (Lipinski definition) is 3. The van der Waals surface area contributed by atoms with Gasteiger partial charge in [-0.3, -0.25) is 19.4 Å². The van der Waals surface area contributed by atoms with E-state index in [2.05, 4.69) is 30.9 Å². The second-order valence-corrected chi connectivity index (χ2v) is 18.7. The van der Waals surface area contributed by atoms with Crippen molar-refractivity contribution in [1.29, 1.82) is 0 Å². The second kappa shape index (κ2) is 32.6. The van der Waals surface area contributed by atoms with Gasteiger partial charge in [0.15, 0.2) is 5.56 Å². The van der Waals surface area contributed by atoms with Gasteiger partial charge in [-0.05, 0) is 141 Å². The van der Waals surface area contributed by atoms with Crippen molar-refractivity contribution in [1.82, 2.24) is 24.8 Å². The van der Waals surface area contributed by atoms with Crippen LogP contribution in [0.1, 0.15) is 100 Å². The van der Waals surface area contributed by atoms with E-state index in [1.54, 1.807) is 31.3 Å². The number of nitrogens with zero attached hydrogens (tertiary/aromatic N) is 5. The number of amides is 3. The van der Waals surface area contributed by atoms with Gasteiger partial charge in [0, 0.05) is 41.2 Å². The van der Waals surface area contributed by atoms with E-state index in [-0.39, 0.29) is 66.4 Å². The molecule has 0 saturated heterocycles. The van der Waals surface area contributed by atoms with Crippen molar-refractivity contribution in [3.63, 3.8) is 0 Å². The maximum atomic E-state index is 13.1. The lowest BCUT2D eigenvalue weighted by Gasteiger charge is -2.17. The fraction of sp³-hybridized carbons (Fsp3) is 0.379. The Morgan fingerprint density at radius 1 is 0.575 bits per heavy atom. The molecule has 15 nitrogen and oxygen atoms in total. The number of alkyl halides is 6. The molecule has 4 aromatic carbocycles. The van der Waals surface area contributed by atoms with Gasteiger partial charge in [0.2, 0.25) is 11.8 Å². The molecule has 6 rings (SSSR count). The first-order chi connectivity index (χ1) is 37.5. The number of carbonyl (C=O) groups excluding carboxylic acids is 3. The highest BCUT2D eigenvalue weighted by Gasteiger charge is 2.34. The Hall–Kier alpha value is -7.43. The standard InChI is InChI=1S/C19H23F3N4O3.C19H21F3N2OS.C19H24N2O3.CH4/c1-5-28-17-15(18(24-11-23-17)29-9-8-26(3)4)16(27)25-13-7-6-12(2)14(10-13)19(20,21)22;1-4-5-6-15-17(16(26-3)9-10-23-15)18(25)24-13-8-7-12(2)14(11-13)19(20,21)22;1-4-23-16-11-8-12-17(24-14-13-21(2)3)18(16)19(22)20-15-9-6-5-7-10-15;/h6-7,10-11H,5,8-9H2,1-4H3,(H,25,27);7-11H,4-6H2,1-3H3,(H,24,25);5-12H,4,13-14H2,1-3H3,(H,20,22);1H4. The zero-order valence-electron chi connectivity index (χ0n) is 45.9. The minimum Gasteiger partial charge on any atom is -0.493 e. The van der Waals surface area contributed by atoms with E-state index in [9.17, 15) is 40.7 Å². The van der Waals surface area contributed by atoms with Gasteiger partial charge >= 0.3 is 12.4 Å². The number of unbranched alkanes of at least 4 members (excludes halogenated alkanes) is 1. The number of anilines is 3. The Morgan fingerprint density at radius 3 is 1.56 bits per heavy atom. The molecule has 0 spiro atoms. The quantitative estimate of drug-likeness (QED) is 0.0434. The number of pyridine rings is 1. The summed E-state index contributed by atoms with van der Waals surface area (Å²) in [5.41, 5.74) is 0.861. The Balaban J connectivity index is 0.000000315. The summed E-state index contributed by atoms with van der Waals surface area (Å²) < 4.78 is 101. The van der Waals surface area contributed by atoms with Crippen molar-refractivity contribution < 1.29 is 59.7 Å². The van der Waals surface area contributed by atoms with Crippen LogP contribution in [0.15, 0.2) is 108 Å². The van der Waals surface area contributed by atoms with E-state index >= 15 is 0 Å². The molecule has 0 saturated carbocycles. The number of carbonyl (C=O) groups is 3. The van der Waals surface area contributed by atoms with Crippen LogP contribution in [-0.4, -0.2) is 116 Å². The first-order valence-electron chi connectivity index (χ1n) is 25.2. The summed E-state index contributed by atoms with van der Waals surface area (Å²) in [5, 5.41) is 7.93. The first kappa shape index (κ1) is 66.8. The molecule has 22 heteroatoms. The van der Waals surface area contributed by atoms with E-state index < -0.39 is 35.3 Å². The van der Waals surface area contributed by atoms with Crippen LogP contribution in [0.25, 0.3) is 0 Å². The monoisotopic (exact) mass is 1140 g/mol. The highest BCUT2D eigenvalue weighted by Crippen LogP contribution is 2.36. The molecular weight excluding hydrogens is 1070 g/mol. The van der Waals surface area contributed by atoms with Gasteiger partial charge in [0.05, 0.1) is 35.6 Å². The van der Waals surface area contributed by atoms with E-state index in [1.807, 2.05) is 94.5 Å². The normalized spacial score (nSPS) is 11.0. The third kappa shape index (κ3) is 20.7. The highest BCUT2D eigenvalue weighted by molar-refractivity contribution is 7.98. The minimum absolute atomic E-state index is 0. The molecule has 0 aliphatic heterocycles. The Kier molecular flexibility index (Phi) is 27.2. The lowest BCUT2D eigenvalue weighted by atomic mass is 10.1. The van der Waals surface area contributed by atoms with Gasteiger partial charge in [-0.25, -0.2) is 9.97 Å². The van der Waals surface area contributed by atoms with Gasteiger partial charge in [-0.15, -0.1) is 11.8 Å². The summed E-state index contributed by atoms with van der Waals surface area (Å²) in [4.78, 5) is 55.2. The van der Waals surface area contributed by atoms with Crippen LogP contribution >= 0.6 is 11.8 Å². The summed E-state index contributed by atoms with van der Waals surface area (Å²) >= 11 is 1.41. The van der Waals surface area contributed by atoms with Crippen LogP contribution in [0.4, 0.5) is 43.4 Å². The van der Waals surface area contributed by atoms with Crippen LogP contribution in [0.2, 0.25) is 0 Å². The lowest BCUT2D eigenvalue weighted by Crippen LogP contribution is -2.22.